The van der Waals surface area contributed by atoms with Gasteiger partial charge in [-0.15, -0.1) is 0 Å². The van der Waals surface area contributed by atoms with E-state index < -0.39 is 10.0 Å². The third-order valence-corrected chi connectivity index (χ3v) is 6.13. The zero-order valence-electron chi connectivity index (χ0n) is 17.8. The van der Waals surface area contributed by atoms with E-state index in [9.17, 15) is 13.2 Å². The van der Waals surface area contributed by atoms with Crippen LogP contribution in [0.25, 0.3) is 0 Å². The van der Waals surface area contributed by atoms with Gasteiger partial charge in [-0.2, -0.15) is 0 Å². The van der Waals surface area contributed by atoms with E-state index in [-0.39, 0.29) is 17.4 Å². The van der Waals surface area contributed by atoms with Crippen LogP contribution in [0.5, 0.6) is 5.75 Å². The number of anilines is 2. The van der Waals surface area contributed by atoms with Gasteiger partial charge < -0.3 is 10.1 Å². The van der Waals surface area contributed by atoms with E-state index in [1.165, 1.54) is 12.1 Å². The van der Waals surface area contributed by atoms with E-state index >= 15 is 0 Å². The molecule has 0 spiro atoms. The summed E-state index contributed by atoms with van der Waals surface area (Å²) in [4.78, 5) is 12.3. The van der Waals surface area contributed by atoms with Crippen molar-refractivity contribution < 1.29 is 17.9 Å². The molecule has 0 saturated heterocycles. The molecule has 162 valence electrons. The average Bonchev–Trinajstić information content (AvgIpc) is 2.75. The predicted molar refractivity (Wildman–Crippen MR) is 123 cm³/mol. The van der Waals surface area contributed by atoms with Gasteiger partial charge in [0.2, 0.25) is 0 Å². The highest BCUT2D eigenvalue weighted by Gasteiger charge is 2.15. The van der Waals surface area contributed by atoms with Crippen molar-refractivity contribution in [3.63, 3.8) is 0 Å². The number of carbonyl (C=O) groups is 1. The second kappa shape index (κ2) is 9.66. The lowest BCUT2D eigenvalue weighted by Gasteiger charge is -2.12. The SMILES string of the molecule is CCc1cccc(OCC(=O)Nc2ccc(S(=O)(=O)Nc3ccc(C)cc3C)cc2)c1. The normalized spacial score (nSPS) is 11.1. The van der Waals surface area contributed by atoms with Crippen LogP contribution in [0.1, 0.15) is 23.6 Å². The van der Waals surface area contributed by atoms with Gasteiger partial charge in [-0.1, -0.05) is 36.8 Å². The molecule has 0 aliphatic rings. The zero-order valence-corrected chi connectivity index (χ0v) is 18.6. The number of carbonyl (C=O) groups excluding carboxylic acids is 1. The van der Waals surface area contributed by atoms with Crippen LogP contribution in [-0.2, 0) is 21.2 Å². The summed E-state index contributed by atoms with van der Waals surface area (Å²) in [6.07, 6.45) is 0.886. The Kier molecular flexibility index (Phi) is 6.97. The first-order chi connectivity index (χ1) is 14.8. The second-order valence-corrected chi connectivity index (χ2v) is 8.97. The fourth-order valence-corrected chi connectivity index (χ4v) is 4.18. The summed E-state index contributed by atoms with van der Waals surface area (Å²) in [7, 11) is -3.73. The standard InChI is InChI=1S/C24H26N2O4S/c1-4-19-6-5-7-21(15-19)30-16-24(27)25-20-9-11-22(12-10-20)31(28,29)26-23-13-8-17(2)14-18(23)3/h5-15,26H,4,16H2,1-3H3,(H,25,27). The molecule has 0 aromatic heterocycles. The van der Waals surface area contributed by atoms with E-state index in [1.807, 2.05) is 51.1 Å². The Morgan fingerprint density at radius 2 is 1.71 bits per heavy atom. The molecule has 0 heterocycles. The molecule has 0 unspecified atom stereocenters. The molecule has 7 heteroatoms. The molecular formula is C24H26N2O4S. The third kappa shape index (κ3) is 6.08. The lowest BCUT2D eigenvalue weighted by molar-refractivity contribution is -0.118. The number of ether oxygens (including phenoxy) is 1. The average molecular weight is 439 g/mol. The summed E-state index contributed by atoms with van der Waals surface area (Å²) in [5, 5.41) is 2.71. The first kappa shape index (κ1) is 22.4. The van der Waals surface area contributed by atoms with Crippen LogP contribution in [0.4, 0.5) is 11.4 Å². The molecule has 3 rings (SSSR count). The fraction of sp³-hybridized carbons (Fsp3) is 0.208. The van der Waals surface area contributed by atoms with Crippen molar-refractivity contribution in [3.8, 4) is 5.75 Å². The fourth-order valence-electron chi connectivity index (χ4n) is 3.05. The smallest absolute Gasteiger partial charge is 0.262 e. The van der Waals surface area contributed by atoms with Gasteiger partial charge in [-0.3, -0.25) is 9.52 Å². The summed E-state index contributed by atoms with van der Waals surface area (Å²) in [6.45, 7) is 5.71. The predicted octanol–water partition coefficient (Wildman–Crippen LogP) is 4.68. The lowest BCUT2D eigenvalue weighted by atomic mass is 10.1. The number of nitrogens with one attached hydrogen (secondary N) is 2. The minimum Gasteiger partial charge on any atom is -0.484 e. The Hall–Kier alpha value is -3.32. The van der Waals surface area contributed by atoms with E-state index in [2.05, 4.69) is 10.0 Å². The summed E-state index contributed by atoms with van der Waals surface area (Å²) >= 11 is 0. The van der Waals surface area contributed by atoms with Gasteiger partial charge in [0.25, 0.3) is 15.9 Å². The van der Waals surface area contributed by atoms with E-state index in [1.54, 1.807) is 24.3 Å². The largest absolute Gasteiger partial charge is 0.484 e. The third-order valence-electron chi connectivity index (χ3n) is 4.75. The van der Waals surface area contributed by atoms with Crippen LogP contribution in [0.2, 0.25) is 0 Å². The van der Waals surface area contributed by atoms with Gasteiger partial charge in [0.1, 0.15) is 5.75 Å². The van der Waals surface area contributed by atoms with Gasteiger partial charge in [0.05, 0.1) is 10.6 Å². The van der Waals surface area contributed by atoms with Crippen LogP contribution < -0.4 is 14.8 Å². The van der Waals surface area contributed by atoms with Crippen molar-refractivity contribution in [3.05, 3.63) is 83.4 Å². The number of aryl methyl sites for hydroxylation is 3. The monoisotopic (exact) mass is 438 g/mol. The van der Waals surface area contributed by atoms with Crippen molar-refractivity contribution in [2.24, 2.45) is 0 Å². The van der Waals surface area contributed by atoms with E-state index in [4.69, 9.17) is 4.74 Å². The van der Waals surface area contributed by atoms with Gasteiger partial charge in [0.15, 0.2) is 6.61 Å². The van der Waals surface area contributed by atoms with Gasteiger partial charge in [-0.25, -0.2) is 8.42 Å². The van der Waals surface area contributed by atoms with Crippen LogP contribution in [-0.4, -0.2) is 20.9 Å². The Morgan fingerprint density at radius 3 is 2.39 bits per heavy atom. The molecule has 6 nitrogen and oxygen atoms in total. The second-order valence-electron chi connectivity index (χ2n) is 7.29. The molecule has 3 aromatic rings. The highest BCUT2D eigenvalue weighted by molar-refractivity contribution is 7.92. The van der Waals surface area contributed by atoms with Crippen molar-refractivity contribution in [1.29, 1.82) is 0 Å². The summed E-state index contributed by atoms with van der Waals surface area (Å²) < 4.78 is 33.5. The van der Waals surface area contributed by atoms with Crippen molar-refractivity contribution in [2.45, 2.75) is 32.1 Å². The number of hydrogen-bond donors (Lipinski definition) is 2. The molecule has 0 saturated carbocycles. The highest BCUT2D eigenvalue weighted by Crippen LogP contribution is 2.22. The van der Waals surface area contributed by atoms with Crippen molar-refractivity contribution in [2.75, 3.05) is 16.6 Å². The van der Waals surface area contributed by atoms with Crippen LogP contribution in [0.15, 0.2) is 71.6 Å². The molecule has 0 aliphatic heterocycles. The summed E-state index contributed by atoms with van der Waals surface area (Å²) in [5.74, 6) is 0.305. The molecular weight excluding hydrogens is 412 g/mol. The number of rotatable bonds is 8. The molecule has 3 aromatic carbocycles. The molecule has 0 aliphatic carbocycles. The highest BCUT2D eigenvalue weighted by atomic mass is 32.2. The van der Waals surface area contributed by atoms with Crippen molar-refractivity contribution in [1.82, 2.24) is 0 Å². The Bertz CT molecular complexity index is 1170. The molecule has 31 heavy (non-hydrogen) atoms. The van der Waals surface area contributed by atoms with Crippen molar-refractivity contribution >= 4 is 27.3 Å². The maximum Gasteiger partial charge on any atom is 0.262 e. The van der Waals surface area contributed by atoms with E-state index in [0.29, 0.717) is 17.1 Å². The lowest BCUT2D eigenvalue weighted by Crippen LogP contribution is -2.20. The number of hydrogen-bond acceptors (Lipinski definition) is 4. The molecule has 0 atom stereocenters. The Morgan fingerprint density at radius 1 is 0.968 bits per heavy atom. The molecule has 0 bridgehead atoms. The zero-order chi connectivity index (χ0) is 22.4. The first-order valence-electron chi connectivity index (χ1n) is 9.98. The Balaban J connectivity index is 1.60. The topological polar surface area (TPSA) is 84.5 Å². The van der Waals surface area contributed by atoms with Crippen LogP contribution >= 0.6 is 0 Å². The molecule has 0 radical (unpaired) electrons. The molecule has 0 fully saturated rings. The number of benzene rings is 3. The number of amides is 1. The molecule has 2 N–H and O–H groups in total. The van der Waals surface area contributed by atoms with Gasteiger partial charge in [-0.05, 0) is 73.9 Å². The van der Waals surface area contributed by atoms with Gasteiger partial charge >= 0.3 is 0 Å². The minimum atomic E-state index is -3.73. The van der Waals surface area contributed by atoms with E-state index in [0.717, 1.165) is 23.1 Å². The number of sulfonamides is 1. The Labute approximate surface area is 183 Å². The quantitative estimate of drug-likeness (QED) is 0.535. The summed E-state index contributed by atoms with van der Waals surface area (Å²) in [6, 6.07) is 19.1. The minimum absolute atomic E-state index is 0.109. The van der Waals surface area contributed by atoms with Gasteiger partial charge in [0, 0.05) is 5.69 Å². The maximum atomic E-state index is 12.7. The van der Waals surface area contributed by atoms with Crippen LogP contribution in [0, 0.1) is 13.8 Å². The van der Waals surface area contributed by atoms with Crippen LogP contribution in [0.3, 0.4) is 0 Å². The summed E-state index contributed by atoms with van der Waals surface area (Å²) in [5.41, 5.74) is 4.05. The maximum absolute atomic E-state index is 12.7. The molecule has 1 amide bonds. The first-order valence-corrected chi connectivity index (χ1v) is 11.5.